The van der Waals surface area contributed by atoms with E-state index in [4.69, 9.17) is 14.2 Å². The van der Waals surface area contributed by atoms with Crippen molar-refractivity contribution in [3.8, 4) is 17.2 Å². The van der Waals surface area contributed by atoms with Crippen LogP contribution in [0, 0.1) is 6.92 Å². The fourth-order valence-corrected chi connectivity index (χ4v) is 2.31. The first-order valence-electron chi connectivity index (χ1n) is 7.84. The van der Waals surface area contributed by atoms with Crippen LogP contribution in [0.2, 0.25) is 0 Å². The van der Waals surface area contributed by atoms with Gasteiger partial charge < -0.3 is 33.5 Å². The summed E-state index contributed by atoms with van der Waals surface area (Å²) in [4.78, 5) is 20.7. The fourth-order valence-electron chi connectivity index (χ4n) is 2.31. The maximum Gasteiger partial charge on any atom is 0.519 e. The maximum atomic E-state index is 10.4. The summed E-state index contributed by atoms with van der Waals surface area (Å²) >= 11 is 0. The molecule has 3 rings (SSSR count). The van der Waals surface area contributed by atoms with Gasteiger partial charge in [0.15, 0.2) is 17.3 Å². The number of amides is 1. The van der Waals surface area contributed by atoms with Crippen molar-refractivity contribution in [1.82, 2.24) is 5.32 Å². The molecule has 1 atom stereocenters. The molecule has 9 nitrogen and oxygen atoms in total. The minimum absolute atomic E-state index is 0.0382. The lowest BCUT2D eigenvalue weighted by Gasteiger charge is -2.12. The molecule has 1 aromatic heterocycles. The summed E-state index contributed by atoms with van der Waals surface area (Å²) in [6.45, 7) is 3.92. The van der Waals surface area contributed by atoms with Crippen LogP contribution in [-0.2, 0) is 22.6 Å². The molecule has 142 valence electrons. The van der Waals surface area contributed by atoms with Crippen molar-refractivity contribution in [3.05, 3.63) is 39.8 Å². The second-order valence-electron chi connectivity index (χ2n) is 5.56. The minimum Gasteiger partial charge on any atom is -0.504 e. The Hall–Kier alpha value is -2.94. The van der Waals surface area contributed by atoms with Gasteiger partial charge >= 0.3 is 5.82 Å². The van der Waals surface area contributed by atoms with Crippen molar-refractivity contribution in [2.75, 3.05) is 13.9 Å². The summed E-state index contributed by atoms with van der Waals surface area (Å²) < 4.78 is 24.2. The van der Waals surface area contributed by atoms with Crippen LogP contribution >= 0.6 is 0 Å². The number of phenols is 1. The molecule has 2 heterocycles. The lowest BCUT2D eigenvalue weighted by Crippen LogP contribution is -2.26. The zero-order valence-corrected chi connectivity index (χ0v) is 14.7. The van der Waals surface area contributed by atoms with Crippen LogP contribution in [0.4, 0.5) is 0 Å². The van der Waals surface area contributed by atoms with Crippen molar-refractivity contribution >= 4 is 6.41 Å². The minimum atomic E-state index is -0.676. The Morgan fingerprint density at radius 1 is 1.35 bits per heavy atom. The SMILES string of the molecule is CC(Cc1ccc2c(c1O)OCO2)NC=O.COCc1oc(=O)oc1C. The fraction of sp³-hybridized carbons (Fsp3) is 0.412. The van der Waals surface area contributed by atoms with Crippen LogP contribution in [-0.4, -0.2) is 31.5 Å². The first-order valence-corrected chi connectivity index (χ1v) is 7.84. The van der Waals surface area contributed by atoms with E-state index in [0.717, 1.165) is 5.56 Å². The van der Waals surface area contributed by atoms with Crippen LogP contribution in [0.5, 0.6) is 17.2 Å². The molecule has 0 spiro atoms. The number of aromatic hydroxyl groups is 1. The molecule has 2 N–H and O–H groups in total. The van der Waals surface area contributed by atoms with Gasteiger partial charge in [-0.05, 0) is 26.3 Å². The largest absolute Gasteiger partial charge is 0.519 e. The molecule has 26 heavy (non-hydrogen) atoms. The van der Waals surface area contributed by atoms with Crippen LogP contribution in [0.1, 0.15) is 24.0 Å². The van der Waals surface area contributed by atoms with Crippen molar-refractivity contribution in [1.29, 1.82) is 0 Å². The Labute approximate surface area is 149 Å². The van der Waals surface area contributed by atoms with E-state index >= 15 is 0 Å². The van der Waals surface area contributed by atoms with Gasteiger partial charge in [-0.1, -0.05) is 6.07 Å². The van der Waals surface area contributed by atoms with Crippen molar-refractivity contribution in [3.63, 3.8) is 0 Å². The van der Waals surface area contributed by atoms with Crippen LogP contribution in [0.15, 0.2) is 25.8 Å². The number of carbonyl (C=O) groups is 1. The number of aryl methyl sites for hydroxylation is 1. The van der Waals surface area contributed by atoms with Crippen molar-refractivity contribution < 1.29 is 32.9 Å². The summed E-state index contributed by atoms with van der Waals surface area (Å²) in [5.41, 5.74) is 0.728. The van der Waals surface area contributed by atoms with Gasteiger partial charge in [0.25, 0.3) is 0 Å². The van der Waals surface area contributed by atoms with E-state index in [1.165, 1.54) is 7.11 Å². The monoisotopic (exact) mass is 367 g/mol. The number of hydrogen-bond acceptors (Lipinski definition) is 8. The molecule has 0 saturated heterocycles. The predicted octanol–water partition coefficient (Wildman–Crippen LogP) is 1.49. The smallest absolute Gasteiger partial charge is 0.504 e. The maximum absolute atomic E-state index is 10.4. The van der Waals surface area contributed by atoms with Crippen LogP contribution in [0.25, 0.3) is 0 Å². The molecule has 2 aromatic rings. The van der Waals surface area contributed by atoms with Gasteiger partial charge in [0.05, 0.1) is 0 Å². The van der Waals surface area contributed by atoms with Gasteiger partial charge in [-0.2, -0.15) is 0 Å². The van der Waals surface area contributed by atoms with Gasteiger partial charge in [-0.25, -0.2) is 4.79 Å². The van der Waals surface area contributed by atoms with Gasteiger partial charge in [0.1, 0.15) is 12.4 Å². The second kappa shape index (κ2) is 8.95. The highest BCUT2D eigenvalue weighted by Crippen LogP contribution is 2.42. The van der Waals surface area contributed by atoms with Gasteiger partial charge in [-0.3, -0.25) is 4.79 Å². The van der Waals surface area contributed by atoms with Crippen molar-refractivity contribution in [2.24, 2.45) is 0 Å². The number of phenolic OH excluding ortho intramolecular Hbond substituents is 1. The number of fused-ring (bicyclic) bond motifs is 1. The standard InChI is InChI=1S/C11H13NO4.C6H8O4/c1-7(12-5-13)4-8-2-3-9-11(10(8)14)16-6-15-9;1-4-5(3-8-2)10-6(7)9-4/h2-3,5,7,14H,4,6H2,1H3,(H,12,13);3H2,1-2H3. The van der Waals surface area contributed by atoms with E-state index in [0.29, 0.717) is 35.9 Å². The third-order valence-corrected chi connectivity index (χ3v) is 3.59. The Balaban J connectivity index is 0.000000209. The molecule has 1 aliphatic rings. The predicted molar refractivity (Wildman–Crippen MR) is 89.3 cm³/mol. The molecule has 0 bridgehead atoms. The van der Waals surface area contributed by atoms with E-state index in [2.05, 4.69) is 14.2 Å². The van der Waals surface area contributed by atoms with Gasteiger partial charge in [0.2, 0.25) is 19.0 Å². The third kappa shape index (κ3) is 4.79. The number of rotatable bonds is 6. The Morgan fingerprint density at radius 3 is 2.73 bits per heavy atom. The Bertz CT molecular complexity index is 795. The highest BCUT2D eigenvalue weighted by molar-refractivity contribution is 5.56. The number of nitrogens with one attached hydrogen (secondary N) is 1. The van der Waals surface area contributed by atoms with E-state index in [1.54, 1.807) is 19.1 Å². The number of hydrogen-bond donors (Lipinski definition) is 2. The summed E-state index contributed by atoms with van der Waals surface area (Å²) in [5, 5.41) is 12.5. The third-order valence-electron chi connectivity index (χ3n) is 3.59. The number of benzene rings is 1. The van der Waals surface area contributed by atoms with Crippen LogP contribution in [0.3, 0.4) is 0 Å². The molecule has 1 aliphatic heterocycles. The Kier molecular flexibility index (Phi) is 6.67. The first-order chi connectivity index (χ1) is 12.5. The normalized spacial score (nSPS) is 12.9. The average Bonchev–Trinajstić information content (AvgIpc) is 3.18. The van der Waals surface area contributed by atoms with E-state index < -0.39 is 5.82 Å². The van der Waals surface area contributed by atoms with Gasteiger partial charge in [-0.15, -0.1) is 0 Å². The van der Waals surface area contributed by atoms with Gasteiger partial charge in [0, 0.05) is 18.7 Å². The molecule has 1 amide bonds. The molecular formula is C17H21NO8. The summed E-state index contributed by atoms with van der Waals surface area (Å²) in [7, 11) is 1.52. The zero-order chi connectivity index (χ0) is 19.1. The topological polar surface area (TPSA) is 120 Å². The lowest BCUT2D eigenvalue weighted by molar-refractivity contribution is -0.110. The summed E-state index contributed by atoms with van der Waals surface area (Å²) in [6.07, 6.45) is 1.19. The van der Waals surface area contributed by atoms with E-state index in [9.17, 15) is 14.7 Å². The Morgan fingerprint density at radius 2 is 2.12 bits per heavy atom. The average molecular weight is 367 g/mol. The van der Waals surface area contributed by atoms with Crippen molar-refractivity contribution in [2.45, 2.75) is 32.9 Å². The molecular weight excluding hydrogens is 346 g/mol. The zero-order valence-electron chi connectivity index (χ0n) is 14.7. The highest BCUT2D eigenvalue weighted by atomic mass is 16.7. The summed E-state index contributed by atoms with van der Waals surface area (Å²) in [5.74, 6) is 1.28. The lowest BCUT2D eigenvalue weighted by atomic mass is 10.1. The molecule has 1 aromatic carbocycles. The van der Waals surface area contributed by atoms with E-state index in [-0.39, 0.29) is 25.2 Å². The number of carbonyl (C=O) groups excluding carboxylic acids is 1. The number of ether oxygens (including phenoxy) is 3. The highest BCUT2D eigenvalue weighted by Gasteiger charge is 2.21. The molecule has 9 heteroatoms. The first kappa shape index (κ1) is 19.4. The molecule has 0 fully saturated rings. The summed E-state index contributed by atoms with van der Waals surface area (Å²) in [6, 6.07) is 3.49. The molecule has 0 aliphatic carbocycles. The quantitative estimate of drug-likeness (QED) is 0.737. The second-order valence-corrected chi connectivity index (χ2v) is 5.56. The van der Waals surface area contributed by atoms with Crippen LogP contribution < -0.4 is 20.6 Å². The molecule has 0 saturated carbocycles. The van der Waals surface area contributed by atoms with E-state index in [1.807, 2.05) is 6.92 Å². The molecule has 0 radical (unpaired) electrons. The molecule has 1 unspecified atom stereocenters. The number of methoxy groups -OCH3 is 1.